The topological polar surface area (TPSA) is 29.3 Å². The molecule has 1 aromatic rings. The fourth-order valence-electron chi connectivity index (χ4n) is 0.761. The summed E-state index contributed by atoms with van der Waals surface area (Å²) in [4.78, 5) is 0. The van der Waals surface area contributed by atoms with Gasteiger partial charge in [0.15, 0.2) is 0 Å². The highest BCUT2D eigenvalue weighted by Crippen LogP contribution is 2.14. The Balaban J connectivity index is 2.96. The second-order valence-electron chi connectivity index (χ2n) is 2.15. The lowest BCUT2D eigenvalue weighted by Gasteiger charge is -2.08. The van der Waals surface area contributed by atoms with Crippen molar-refractivity contribution in [3.63, 3.8) is 0 Å². The SMILES string of the molecule is Cc1cccc(N(N)Br)c1. The maximum atomic E-state index is 5.43. The first-order valence-electron chi connectivity index (χ1n) is 2.97. The van der Waals surface area contributed by atoms with Crippen LogP contribution in [-0.2, 0) is 0 Å². The number of aryl methyl sites for hydroxylation is 1. The van der Waals surface area contributed by atoms with Crippen LogP contribution in [0.2, 0.25) is 0 Å². The van der Waals surface area contributed by atoms with Gasteiger partial charge in [-0.1, -0.05) is 12.1 Å². The number of nitrogens with zero attached hydrogens (tertiary/aromatic N) is 1. The molecule has 0 amide bonds. The summed E-state index contributed by atoms with van der Waals surface area (Å²) in [5.74, 6) is 5.43. The summed E-state index contributed by atoms with van der Waals surface area (Å²) in [7, 11) is 0. The minimum Gasteiger partial charge on any atom is -0.245 e. The lowest BCUT2D eigenvalue weighted by atomic mass is 10.2. The first-order valence-corrected chi connectivity index (χ1v) is 3.68. The van der Waals surface area contributed by atoms with E-state index in [4.69, 9.17) is 5.84 Å². The molecule has 1 rings (SSSR count). The Labute approximate surface area is 68.9 Å². The number of hydrogen-bond donors (Lipinski definition) is 1. The Bertz CT molecular complexity index is 223. The number of rotatable bonds is 1. The zero-order valence-electron chi connectivity index (χ0n) is 5.71. The second-order valence-corrected chi connectivity index (χ2v) is 2.91. The Kier molecular flexibility index (Phi) is 2.29. The van der Waals surface area contributed by atoms with Crippen molar-refractivity contribution < 1.29 is 0 Å². The van der Waals surface area contributed by atoms with E-state index in [1.54, 1.807) is 0 Å². The summed E-state index contributed by atoms with van der Waals surface area (Å²) in [6, 6.07) is 7.92. The van der Waals surface area contributed by atoms with Crippen molar-refractivity contribution in [1.82, 2.24) is 0 Å². The van der Waals surface area contributed by atoms with Crippen LogP contribution in [0.15, 0.2) is 24.3 Å². The van der Waals surface area contributed by atoms with Crippen LogP contribution >= 0.6 is 16.1 Å². The van der Waals surface area contributed by atoms with Crippen molar-refractivity contribution in [2.45, 2.75) is 6.92 Å². The number of hydrazine groups is 1. The molecule has 0 aliphatic heterocycles. The first kappa shape index (κ1) is 7.57. The van der Waals surface area contributed by atoms with E-state index < -0.39 is 0 Å². The molecular weight excluding hydrogens is 192 g/mol. The highest BCUT2D eigenvalue weighted by atomic mass is 79.9. The quantitative estimate of drug-likeness (QED) is 0.427. The van der Waals surface area contributed by atoms with Crippen molar-refractivity contribution in [3.8, 4) is 0 Å². The largest absolute Gasteiger partial charge is 0.245 e. The molecule has 0 unspecified atom stereocenters. The third-order valence-corrected chi connectivity index (χ3v) is 1.66. The molecule has 0 heterocycles. The Hall–Kier alpha value is -0.540. The van der Waals surface area contributed by atoms with E-state index in [0.29, 0.717) is 0 Å². The molecule has 2 N–H and O–H groups in total. The lowest BCUT2D eigenvalue weighted by Crippen LogP contribution is -2.17. The zero-order valence-corrected chi connectivity index (χ0v) is 7.30. The molecule has 0 saturated heterocycles. The zero-order chi connectivity index (χ0) is 7.56. The van der Waals surface area contributed by atoms with Crippen molar-refractivity contribution in [1.29, 1.82) is 0 Å². The van der Waals surface area contributed by atoms with Crippen LogP contribution in [-0.4, -0.2) is 0 Å². The van der Waals surface area contributed by atoms with Gasteiger partial charge in [-0.3, -0.25) is 0 Å². The molecule has 54 valence electrons. The average Bonchev–Trinajstić information content (AvgIpc) is 1.88. The number of nitrogens with two attached hydrogens (primary N) is 1. The molecule has 3 heteroatoms. The van der Waals surface area contributed by atoms with Gasteiger partial charge in [-0.05, 0) is 24.6 Å². The molecule has 10 heavy (non-hydrogen) atoms. The van der Waals surface area contributed by atoms with E-state index >= 15 is 0 Å². The highest BCUT2D eigenvalue weighted by Gasteiger charge is 1.94. The summed E-state index contributed by atoms with van der Waals surface area (Å²) in [6.07, 6.45) is 0. The van der Waals surface area contributed by atoms with Gasteiger partial charge in [0.1, 0.15) is 0 Å². The molecule has 0 aliphatic carbocycles. The minimum absolute atomic E-state index is 0.958. The highest BCUT2D eigenvalue weighted by molar-refractivity contribution is 9.10. The standard InChI is InChI=1S/C7H9BrN2/c1-6-3-2-4-7(5-6)10(8)9/h2-5H,9H2,1H3. The van der Waals surface area contributed by atoms with Gasteiger partial charge >= 0.3 is 0 Å². The molecule has 0 spiro atoms. The van der Waals surface area contributed by atoms with E-state index in [2.05, 4.69) is 16.1 Å². The summed E-state index contributed by atoms with van der Waals surface area (Å²) in [6.45, 7) is 2.03. The van der Waals surface area contributed by atoms with Gasteiger partial charge in [-0.2, -0.15) is 0 Å². The average molecular weight is 201 g/mol. The molecular formula is C7H9BrN2. The third-order valence-electron chi connectivity index (χ3n) is 1.25. The second kappa shape index (κ2) is 3.03. The van der Waals surface area contributed by atoms with Crippen LogP contribution in [0.1, 0.15) is 5.56 Å². The van der Waals surface area contributed by atoms with Gasteiger partial charge in [0.2, 0.25) is 0 Å². The fraction of sp³-hybridized carbons (Fsp3) is 0.143. The molecule has 0 fully saturated rings. The molecule has 0 atom stereocenters. The van der Waals surface area contributed by atoms with Gasteiger partial charge in [0.25, 0.3) is 0 Å². The number of halogens is 1. The number of benzene rings is 1. The van der Waals surface area contributed by atoms with E-state index in [-0.39, 0.29) is 0 Å². The Morgan fingerprint density at radius 1 is 1.50 bits per heavy atom. The predicted molar refractivity (Wildman–Crippen MR) is 46.8 cm³/mol. The van der Waals surface area contributed by atoms with Crippen LogP contribution < -0.4 is 9.88 Å². The summed E-state index contributed by atoms with van der Waals surface area (Å²) in [5.41, 5.74) is 2.16. The minimum atomic E-state index is 0.958. The van der Waals surface area contributed by atoms with Gasteiger partial charge in [0.05, 0.1) is 21.8 Å². The third kappa shape index (κ3) is 1.72. The van der Waals surface area contributed by atoms with Crippen molar-refractivity contribution >= 4 is 21.8 Å². The van der Waals surface area contributed by atoms with Crippen LogP contribution in [0.4, 0.5) is 5.69 Å². The van der Waals surface area contributed by atoms with Gasteiger partial charge in [0, 0.05) is 0 Å². The summed E-state index contributed by atoms with van der Waals surface area (Å²) < 4.78 is 1.42. The maximum Gasteiger partial charge on any atom is 0.0669 e. The lowest BCUT2D eigenvalue weighted by molar-refractivity contribution is 1.22. The monoisotopic (exact) mass is 200 g/mol. The number of anilines is 1. The van der Waals surface area contributed by atoms with Crippen molar-refractivity contribution in [2.24, 2.45) is 5.84 Å². The fourth-order valence-corrected chi connectivity index (χ4v) is 0.981. The van der Waals surface area contributed by atoms with E-state index in [1.165, 1.54) is 9.60 Å². The molecule has 0 bridgehead atoms. The molecule has 0 radical (unpaired) electrons. The normalized spacial score (nSPS) is 9.50. The van der Waals surface area contributed by atoms with Crippen LogP contribution in [0.25, 0.3) is 0 Å². The Morgan fingerprint density at radius 2 is 2.20 bits per heavy atom. The molecule has 0 aliphatic rings. The van der Waals surface area contributed by atoms with Crippen LogP contribution in [0.5, 0.6) is 0 Å². The molecule has 1 aromatic carbocycles. The molecule has 2 nitrogen and oxygen atoms in total. The van der Waals surface area contributed by atoms with Crippen LogP contribution in [0, 0.1) is 6.92 Å². The summed E-state index contributed by atoms with van der Waals surface area (Å²) in [5, 5.41) is 0. The Morgan fingerprint density at radius 3 is 2.60 bits per heavy atom. The maximum absolute atomic E-state index is 5.43. The summed E-state index contributed by atoms with van der Waals surface area (Å²) >= 11 is 3.13. The van der Waals surface area contributed by atoms with E-state index in [9.17, 15) is 0 Å². The van der Waals surface area contributed by atoms with Gasteiger partial charge in [-0.15, -0.1) is 0 Å². The van der Waals surface area contributed by atoms with Crippen molar-refractivity contribution in [3.05, 3.63) is 29.8 Å². The smallest absolute Gasteiger partial charge is 0.0669 e. The molecule has 0 aromatic heterocycles. The van der Waals surface area contributed by atoms with E-state index in [1.807, 2.05) is 31.2 Å². The molecule has 0 saturated carbocycles. The first-order chi connectivity index (χ1) is 4.70. The van der Waals surface area contributed by atoms with E-state index in [0.717, 1.165) is 5.69 Å². The van der Waals surface area contributed by atoms with Gasteiger partial charge in [-0.25, -0.2) is 9.88 Å². The number of hydrogen-bond acceptors (Lipinski definition) is 2. The predicted octanol–water partition coefficient (Wildman–Crippen LogP) is 1.99. The van der Waals surface area contributed by atoms with Gasteiger partial charge < -0.3 is 0 Å². The van der Waals surface area contributed by atoms with Crippen molar-refractivity contribution in [2.75, 3.05) is 4.03 Å². The van der Waals surface area contributed by atoms with Crippen LogP contribution in [0.3, 0.4) is 0 Å².